The number of hydrogen-bond donors (Lipinski definition) is 6. The van der Waals surface area contributed by atoms with Crippen molar-refractivity contribution in [1.29, 1.82) is 5.41 Å². The van der Waals surface area contributed by atoms with E-state index in [1.54, 1.807) is 12.1 Å². The molecular formula is C27H32N6O4S. The van der Waals surface area contributed by atoms with Gasteiger partial charge < -0.3 is 21.4 Å². The van der Waals surface area contributed by atoms with Gasteiger partial charge in [-0.3, -0.25) is 15.0 Å². The van der Waals surface area contributed by atoms with Crippen LogP contribution in [0.1, 0.15) is 47.3 Å². The second-order valence-electron chi connectivity index (χ2n) is 9.40. The molecule has 4 rings (SSSR count). The first kappa shape index (κ1) is 27.2. The Morgan fingerprint density at radius 3 is 2.08 bits per heavy atom. The molecule has 38 heavy (non-hydrogen) atoms. The maximum atomic E-state index is 14.0. The predicted molar refractivity (Wildman–Crippen MR) is 145 cm³/mol. The Morgan fingerprint density at radius 2 is 1.61 bits per heavy atom. The van der Waals surface area contributed by atoms with Gasteiger partial charge in [-0.15, -0.1) is 0 Å². The number of hydrogen-bond acceptors (Lipinski definition) is 6. The number of nitrogens with two attached hydrogens (primary N) is 1. The normalized spacial score (nSPS) is 17.2. The van der Waals surface area contributed by atoms with E-state index in [1.165, 1.54) is 0 Å². The van der Waals surface area contributed by atoms with Gasteiger partial charge in [0.25, 0.3) is 0 Å². The van der Waals surface area contributed by atoms with Crippen molar-refractivity contribution in [1.82, 2.24) is 20.3 Å². The van der Waals surface area contributed by atoms with Crippen molar-refractivity contribution in [2.24, 2.45) is 5.73 Å². The van der Waals surface area contributed by atoms with Crippen LogP contribution >= 0.6 is 0 Å². The molecule has 1 aromatic heterocycles. The number of H-pyrrole nitrogens is 1. The van der Waals surface area contributed by atoms with Gasteiger partial charge in [0.15, 0.2) is 5.78 Å². The van der Waals surface area contributed by atoms with Crippen molar-refractivity contribution >= 4 is 27.5 Å². The first-order chi connectivity index (χ1) is 18.1. The highest BCUT2D eigenvalue weighted by Gasteiger charge is 2.38. The number of benzene rings is 2. The fourth-order valence-corrected chi connectivity index (χ4v) is 5.51. The number of carbonyl (C=O) groups is 2. The summed E-state index contributed by atoms with van der Waals surface area (Å²) in [6.45, 7) is 0.683. The van der Waals surface area contributed by atoms with Gasteiger partial charge in [-0.25, -0.2) is 13.1 Å². The van der Waals surface area contributed by atoms with Crippen molar-refractivity contribution < 1.29 is 18.0 Å². The number of amides is 1. The van der Waals surface area contributed by atoms with Gasteiger partial charge >= 0.3 is 0 Å². The average Bonchev–Trinajstić information content (AvgIpc) is 3.60. The molecule has 3 atom stereocenters. The lowest BCUT2D eigenvalue weighted by Crippen LogP contribution is -2.53. The highest BCUT2D eigenvalue weighted by molar-refractivity contribution is 7.88. The third-order valence-corrected chi connectivity index (χ3v) is 7.24. The number of Topliss-reactive ketones (excluding diaryl/α,β-unsaturated/α-hetero) is 1. The highest BCUT2D eigenvalue weighted by atomic mass is 32.2. The Morgan fingerprint density at radius 1 is 1.00 bits per heavy atom. The van der Waals surface area contributed by atoms with Crippen molar-refractivity contribution in [2.45, 2.75) is 36.9 Å². The van der Waals surface area contributed by atoms with E-state index < -0.39 is 40.0 Å². The van der Waals surface area contributed by atoms with Crippen molar-refractivity contribution in [3.8, 4) is 0 Å². The molecule has 10 nitrogen and oxygen atoms in total. The molecule has 1 aliphatic rings. The largest absolute Gasteiger partial charge is 0.382 e. The van der Waals surface area contributed by atoms with E-state index in [0.29, 0.717) is 24.4 Å². The number of sulfonamides is 1. The summed E-state index contributed by atoms with van der Waals surface area (Å²) in [6.07, 6.45) is 2.44. The maximum Gasteiger partial charge on any atom is 0.240 e. The fraction of sp³-hybridized carbons (Fsp3) is 0.296. The molecule has 0 spiro atoms. The standard InChI is InChI=1S/C27H32N6O4S/c1-38(36,37)33-24(22(17-9-4-2-5-10-17)18-11-6-3-7-12-18)27(35)32-23(25(34)20-13-8-16-30-20)19-14-15-21(31-19)26(28)29/h2-7,9-12,14-15,20,22-24,30-31,33H,8,13,16H2,1H3,(H3,28,29)(H,32,35)/t20-,23?,24+/m0/s1. The summed E-state index contributed by atoms with van der Waals surface area (Å²) < 4.78 is 27.5. The van der Waals surface area contributed by atoms with Crippen LogP contribution in [0.5, 0.6) is 0 Å². The lowest BCUT2D eigenvalue weighted by molar-refractivity contribution is -0.130. The lowest BCUT2D eigenvalue weighted by Gasteiger charge is -2.29. The summed E-state index contributed by atoms with van der Waals surface area (Å²) in [6, 6.07) is 18.6. The lowest BCUT2D eigenvalue weighted by atomic mass is 9.84. The predicted octanol–water partition coefficient (Wildman–Crippen LogP) is 1.53. The van der Waals surface area contributed by atoms with Crippen LogP contribution in [0, 0.1) is 5.41 Å². The van der Waals surface area contributed by atoms with E-state index in [2.05, 4.69) is 20.3 Å². The summed E-state index contributed by atoms with van der Waals surface area (Å²) in [4.78, 5) is 30.5. The number of aromatic amines is 1. The van der Waals surface area contributed by atoms with Crippen molar-refractivity contribution in [2.75, 3.05) is 12.8 Å². The summed E-state index contributed by atoms with van der Waals surface area (Å²) in [5, 5.41) is 13.7. The average molecular weight is 537 g/mol. The van der Waals surface area contributed by atoms with Gasteiger partial charge in [0.2, 0.25) is 15.9 Å². The van der Waals surface area contributed by atoms with Gasteiger partial charge in [-0.2, -0.15) is 0 Å². The van der Waals surface area contributed by atoms with Crippen LogP contribution in [-0.4, -0.2) is 55.8 Å². The molecule has 11 heteroatoms. The number of amidine groups is 1. The van der Waals surface area contributed by atoms with Crippen LogP contribution in [0.3, 0.4) is 0 Å². The number of nitrogen functional groups attached to an aromatic ring is 1. The van der Waals surface area contributed by atoms with Gasteiger partial charge in [0, 0.05) is 11.6 Å². The molecule has 1 saturated heterocycles. The minimum atomic E-state index is -3.83. The molecule has 2 aromatic carbocycles. The Bertz CT molecular complexity index is 1350. The molecule has 1 unspecified atom stereocenters. The maximum absolute atomic E-state index is 14.0. The van der Waals surface area contributed by atoms with Crippen LogP contribution in [-0.2, 0) is 19.6 Å². The molecule has 0 aliphatic carbocycles. The van der Waals surface area contributed by atoms with Crippen LogP contribution in [0.25, 0.3) is 0 Å². The second kappa shape index (κ2) is 11.7. The Balaban J connectivity index is 1.75. The molecule has 7 N–H and O–H groups in total. The van der Waals surface area contributed by atoms with E-state index in [9.17, 15) is 18.0 Å². The summed E-state index contributed by atoms with van der Waals surface area (Å²) in [5.74, 6) is -1.81. The van der Waals surface area contributed by atoms with E-state index in [1.807, 2.05) is 60.7 Å². The first-order valence-electron chi connectivity index (χ1n) is 12.3. The van der Waals surface area contributed by atoms with Gasteiger partial charge in [-0.1, -0.05) is 60.7 Å². The Kier molecular flexibility index (Phi) is 8.40. The van der Waals surface area contributed by atoms with Crippen LogP contribution in [0.4, 0.5) is 0 Å². The Hall–Kier alpha value is -3.80. The summed E-state index contributed by atoms with van der Waals surface area (Å²) >= 11 is 0. The fourth-order valence-electron chi connectivity index (χ4n) is 4.80. The molecule has 3 aromatic rings. The van der Waals surface area contributed by atoms with Crippen LogP contribution < -0.4 is 21.1 Å². The monoisotopic (exact) mass is 536 g/mol. The minimum Gasteiger partial charge on any atom is -0.382 e. The van der Waals surface area contributed by atoms with Gasteiger partial charge in [0.1, 0.15) is 17.9 Å². The van der Waals surface area contributed by atoms with Gasteiger partial charge in [-0.05, 0) is 42.6 Å². The zero-order chi connectivity index (χ0) is 27.3. The number of ketones is 1. The molecular weight excluding hydrogens is 504 g/mol. The first-order valence-corrected chi connectivity index (χ1v) is 14.2. The highest BCUT2D eigenvalue weighted by Crippen LogP contribution is 2.30. The van der Waals surface area contributed by atoms with Gasteiger partial charge in [0.05, 0.1) is 18.0 Å². The van der Waals surface area contributed by atoms with Crippen molar-refractivity contribution in [3.05, 3.63) is 95.3 Å². The molecule has 2 heterocycles. The third-order valence-electron chi connectivity index (χ3n) is 6.56. The quantitative estimate of drug-likeness (QED) is 0.160. The Labute approximate surface area is 222 Å². The van der Waals surface area contributed by atoms with E-state index >= 15 is 0 Å². The number of nitrogens with one attached hydrogen (secondary N) is 5. The van der Waals surface area contributed by atoms with Crippen molar-refractivity contribution in [3.63, 3.8) is 0 Å². The third kappa shape index (κ3) is 6.55. The number of rotatable bonds is 11. The summed E-state index contributed by atoms with van der Waals surface area (Å²) in [5.41, 5.74) is 7.73. The molecule has 1 aliphatic heterocycles. The van der Waals surface area contributed by atoms with E-state index in [4.69, 9.17) is 11.1 Å². The van der Waals surface area contributed by atoms with E-state index in [-0.39, 0.29) is 11.6 Å². The zero-order valence-corrected chi connectivity index (χ0v) is 21.8. The van der Waals surface area contributed by atoms with Crippen LogP contribution in [0.2, 0.25) is 0 Å². The molecule has 1 amide bonds. The molecule has 0 bridgehead atoms. The smallest absolute Gasteiger partial charge is 0.240 e. The molecule has 0 radical (unpaired) electrons. The van der Waals surface area contributed by atoms with E-state index in [0.717, 1.165) is 23.8 Å². The summed E-state index contributed by atoms with van der Waals surface area (Å²) in [7, 11) is -3.83. The molecule has 200 valence electrons. The molecule has 0 saturated carbocycles. The number of carbonyl (C=O) groups excluding carboxylic acids is 2. The SMILES string of the molecule is CS(=O)(=O)N[C@@H](C(=O)NC(C(=O)[C@@H]1CCCN1)c1ccc(C(=N)N)[nH]1)C(c1ccccc1)c1ccccc1. The number of aromatic nitrogens is 1. The minimum absolute atomic E-state index is 0.211. The zero-order valence-electron chi connectivity index (χ0n) is 21.0. The molecule has 1 fully saturated rings. The topological polar surface area (TPSA) is 170 Å². The second-order valence-corrected chi connectivity index (χ2v) is 11.2. The van der Waals surface area contributed by atoms with Crippen LogP contribution in [0.15, 0.2) is 72.8 Å².